The largest absolute Gasteiger partial charge is 0.481 e. The van der Waals surface area contributed by atoms with Crippen molar-refractivity contribution < 1.29 is 14.7 Å². The van der Waals surface area contributed by atoms with Crippen LogP contribution in [-0.4, -0.2) is 40.0 Å². The molecule has 6 heteroatoms. The van der Waals surface area contributed by atoms with Crippen LogP contribution in [0.1, 0.15) is 23.7 Å². The SMILES string of the molecule is C[C@@]1(C(=O)O)CCN(C(=O)c2ccncc2Cl)C1. The van der Waals surface area contributed by atoms with Crippen LogP contribution in [0.15, 0.2) is 18.5 Å². The predicted molar refractivity (Wildman–Crippen MR) is 65.5 cm³/mol. The number of aromatic nitrogens is 1. The van der Waals surface area contributed by atoms with Crippen LogP contribution in [-0.2, 0) is 4.79 Å². The molecule has 1 aliphatic rings. The molecule has 1 aromatic rings. The molecule has 0 bridgehead atoms. The van der Waals surface area contributed by atoms with Crippen molar-refractivity contribution in [3.8, 4) is 0 Å². The Morgan fingerprint density at radius 3 is 2.83 bits per heavy atom. The summed E-state index contributed by atoms with van der Waals surface area (Å²) in [6, 6.07) is 1.54. The van der Waals surface area contributed by atoms with E-state index in [2.05, 4.69) is 4.98 Å². The third-order valence-corrected chi connectivity index (χ3v) is 3.58. The number of halogens is 1. The lowest BCUT2D eigenvalue weighted by Gasteiger charge is -2.20. The molecule has 1 amide bonds. The third kappa shape index (κ3) is 2.18. The fraction of sp³-hybridized carbons (Fsp3) is 0.417. The van der Waals surface area contributed by atoms with Gasteiger partial charge in [0.15, 0.2) is 0 Å². The fourth-order valence-electron chi connectivity index (χ4n) is 2.03. The second-order valence-electron chi connectivity index (χ2n) is 4.70. The average molecular weight is 269 g/mol. The van der Waals surface area contributed by atoms with E-state index in [1.165, 1.54) is 17.3 Å². The maximum Gasteiger partial charge on any atom is 0.311 e. The number of nitrogens with zero attached hydrogens (tertiary/aromatic N) is 2. The molecule has 1 aromatic heterocycles. The van der Waals surface area contributed by atoms with Crippen LogP contribution in [0.4, 0.5) is 0 Å². The van der Waals surface area contributed by atoms with Gasteiger partial charge >= 0.3 is 5.97 Å². The van der Waals surface area contributed by atoms with Gasteiger partial charge in [0.2, 0.25) is 0 Å². The Kier molecular flexibility index (Phi) is 3.26. The normalized spacial score (nSPS) is 23.1. The molecule has 0 saturated carbocycles. The second kappa shape index (κ2) is 4.57. The first-order valence-electron chi connectivity index (χ1n) is 5.56. The zero-order valence-corrected chi connectivity index (χ0v) is 10.6. The third-order valence-electron chi connectivity index (χ3n) is 3.28. The number of hydrogen-bond donors (Lipinski definition) is 1. The van der Waals surface area contributed by atoms with E-state index in [1.807, 2.05) is 0 Å². The summed E-state index contributed by atoms with van der Waals surface area (Å²) in [6.45, 7) is 2.29. The maximum absolute atomic E-state index is 12.2. The monoisotopic (exact) mass is 268 g/mol. The number of likely N-dealkylation sites (tertiary alicyclic amines) is 1. The van der Waals surface area contributed by atoms with Crippen LogP contribution in [0.3, 0.4) is 0 Å². The molecule has 1 saturated heterocycles. The van der Waals surface area contributed by atoms with Crippen molar-refractivity contribution in [2.75, 3.05) is 13.1 Å². The quantitative estimate of drug-likeness (QED) is 0.886. The highest BCUT2D eigenvalue weighted by molar-refractivity contribution is 6.33. The van der Waals surface area contributed by atoms with Crippen LogP contribution >= 0.6 is 11.6 Å². The molecular formula is C12H13ClN2O3. The van der Waals surface area contributed by atoms with Crippen molar-refractivity contribution in [2.24, 2.45) is 5.41 Å². The highest BCUT2D eigenvalue weighted by Gasteiger charge is 2.42. The summed E-state index contributed by atoms with van der Waals surface area (Å²) in [5.74, 6) is -1.12. The molecule has 1 N–H and O–H groups in total. The lowest BCUT2D eigenvalue weighted by Crippen LogP contribution is -2.35. The summed E-state index contributed by atoms with van der Waals surface area (Å²) in [5, 5.41) is 9.41. The first-order valence-corrected chi connectivity index (χ1v) is 5.94. The second-order valence-corrected chi connectivity index (χ2v) is 5.11. The summed E-state index contributed by atoms with van der Waals surface area (Å²) in [5.41, 5.74) is -0.504. The zero-order chi connectivity index (χ0) is 13.3. The molecule has 1 fully saturated rings. The van der Waals surface area contributed by atoms with E-state index in [9.17, 15) is 9.59 Å². The topological polar surface area (TPSA) is 70.5 Å². The number of carboxylic acid groups (broad SMARTS) is 1. The number of aliphatic carboxylic acids is 1. The van der Waals surface area contributed by atoms with E-state index in [-0.39, 0.29) is 17.5 Å². The molecule has 0 radical (unpaired) electrons. The molecular weight excluding hydrogens is 256 g/mol. The first kappa shape index (κ1) is 12.8. The molecule has 0 aromatic carbocycles. The lowest BCUT2D eigenvalue weighted by atomic mass is 9.90. The van der Waals surface area contributed by atoms with Gasteiger partial charge in [-0.3, -0.25) is 14.6 Å². The predicted octanol–water partition coefficient (Wildman–Crippen LogP) is 1.67. The van der Waals surface area contributed by atoms with Gasteiger partial charge in [-0.25, -0.2) is 0 Å². The Hall–Kier alpha value is -1.62. The van der Waals surface area contributed by atoms with Crippen LogP contribution < -0.4 is 0 Å². The van der Waals surface area contributed by atoms with Crippen molar-refractivity contribution in [1.82, 2.24) is 9.88 Å². The van der Waals surface area contributed by atoms with Crippen molar-refractivity contribution >= 4 is 23.5 Å². The van der Waals surface area contributed by atoms with E-state index in [0.29, 0.717) is 18.5 Å². The van der Waals surface area contributed by atoms with Crippen molar-refractivity contribution in [2.45, 2.75) is 13.3 Å². The van der Waals surface area contributed by atoms with Gasteiger partial charge in [0.25, 0.3) is 5.91 Å². The van der Waals surface area contributed by atoms with E-state index in [1.54, 1.807) is 13.0 Å². The van der Waals surface area contributed by atoms with Gasteiger partial charge in [0.1, 0.15) is 0 Å². The summed E-state index contributed by atoms with van der Waals surface area (Å²) in [7, 11) is 0. The van der Waals surface area contributed by atoms with Crippen LogP contribution in [0.25, 0.3) is 0 Å². The van der Waals surface area contributed by atoms with Gasteiger partial charge in [-0.15, -0.1) is 0 Å². The highest BCUT2D eigenvalue weighted by atomic mass is 35.5. The molecule has 2 heterocycles. The Morgan fingerprint density at radius 2 is 2.28 bits per heavy atom. The molecule has 1 aliphatic heterocycles. The minimum absolute atomic E-state index is 0.208. The van der Waals surface area contributed by atoms with Crippen LogP contribution in [0.2, 0.25) is 5.02 Å². The summed E-state index contributed by atoms with van der Waals surface area (Å²) in [6.07, 6.45) is 3.35. The number of rotatable bonds is 2. The van der Waals surface area contributed by atoms with E-state index in [4.69, 9.17) is 16.7 Å². The summed E-state index contributed by atoms with van der Waals surface area (Å²) < 4.78 is 0. The Labute approximate surface area is 109 Å². The molecule has 2 rings (SSSR count). The molecule has 5 nitrogen and oxygen atoms in total. The molecule has 18 heavy (non-hydrogen) atoms. The standard InChI is InChI=1S/C12H13ClN2O3/c1-12(11(17)18)3-5-15(7-12)10(16)8-2-4-14-6-9(8)13/h2,4,6H,3,5,7H2,1H3,(H,17,18)/t12-/m1/s1. The van der Waals surface area contributed by atoms with Crippen molar-refractivity contribution in [1.29, 1.82) is 0 Å². The summed E-state index contributed by atoms with van der Waals surface area (Å²) in [4.78, 5) is 28.7. The van der Waals surface area contributed by atoms with E-state index < -0.39 is 11.4 Å². The van der Waals surface area contributed by atoms with Gasteiger partial charge in [0.05, 0.1) is 16.0 Å². The highest BCUT2D eigenvalue weighted by Crippen LogP contribution is 2.31. The first-order chi connectivity index (χ1) is 8.44. The minimum Gasteiger partial charge on any atom is -0.481 e. The number of hydrogen-bond acceptors (Lipinski definition) is 3. The fourth-order valence-corrected chi connectivity index (χ4v) is 2.23. The number of carbonyl (C=O) groups is 2. The smallest absolute Gasteiger partial charge is 0.311 e. The van der Waals surface area contributed by atoms with Crippen LogP contribution in [0.5, 0.6) is 0 Å². The molecule has 96 valence electrons. The van der Waals surface area contributed by atoms with Gasteiger partial charge in [0, 0.05) is 25.5 Å². The Balaban J connectivity index is 2.18. The number of pyridine rings is 1. The van der Waals surface area contributed by atoms with Crippen molar-refractivity contribution in [3.63, 3.8) is 0 Å². The summed E-state index contributed by atoms with van der Waals surface area (Å²) >= 11 is 5.90. The Morgan fingerprint density at radius 1 is 1.56 bits per heavy atom. The molecule has 0 spiro atoms. The zero-order valence-electron chi connectivity index (χ0n) is 9.89. The van der Waals surface area contributed by atoms with Gasteiger partial charge in [-0.05, 0) is 19.4 Å². The molecule has 0 aliphatic carbocycles. The van der Waals surface area contributed by atoms with Gasteiger partial charge in [-0.2, -0.15) is 0 Å². The van der Waals surface area contributed by atoms with Gasteiger partial charge in [-0.1, -0.05) is 11.6 Å². The lowest BCUT2D eigenvalue weighted by molar-refractivity contribution is -0.147. The number of carboxylic acids is 1. The number of amides is 1. The minimum atomic E-state index is -0.876. The van der Waals surface area contributed by atoms with E-state index in [0.717, 1.165) is 0 Å². The molecule has 0 unspecified atom stereocenters. The van der Waals surface area contributed by atoms with E-state index >= 15 is 0 Å². The van der Waals surface area contributed by atoms with Crippen LogP contribution in [0, 0.1) is 5.41 Å². The van der Waals surface area contributed by atoms with Crippen molar-refractivity contribution in [3.05, 3.63) is 29.0 Å². The molecule has 1 atom stereocenters. The number of carbonyl (C=O) groups excluding carboxylic acids is 1. The van der Waals surface area contributed by atoms with Gasteiger partial charge < -0.3 is 10.0 Å². The average Bonchev–Trinajstić information content (AvgIpc) is 2.73. The maximum atomic E-state index is 12.2. The Bertz CT molecular complexity index is 506.